The van der Waals surface area contributed by atoms with Crippen LogP contribution in [0.4, 0.5) is 0 Å². The Kier molecular flexibility index (Phi) is 6.69. The van der Waals surface area contributed by atoms with E-state index in [0.29, 0.717) is 19.6 Å². The van der Waals surface area contributed by atoms with Crippen LogP contribution in [0.15, 0.2) is 45.7 Å². The van der Waals surface area contributed by atoms with Crippen molar-refractivity contribution in [1.82, 2.24) is 4.31 Å². The number of hydrogen-bond donors (Lipinski definition) is 1. The van der Waals surface area contributed by atoms with Gasteiger partial charge >= 0.3 is 5.97 Å². The van der Waals surface area contributed by atoms with E-state index in [-0.39, 0.29) is 40.7 Å². The number of aryl methyl sites for hydroxylation is 1. The van der Waals surface area contributed by atoms with Crippen molar-refractivity contribution in [3.05, 3.63) is 53.5 Å². The minimum atomic E-state index is -3.80. The molecule has 1 aliphatic heterocycles. The summed E-state index contributed by atoms with van der Waals surface area (Å²) in [6.45, 7) is 2.58. The van der Waals surface area contributed by atoms with E-state index in [1.807, 2.05) is 30.3 Å². The molecule has 1 fully saturated rings. The van der Waals surface area contributed by atoms with Crippen molar-refractivity contribution < 1.29 is 22.4 Å². The van der Waals surface area contributed by atoms with Gasteiger partial charge in [-0.15, -0.1) is 12.4 Å². The smallest absolute Gasteiger partial charge is 0.373 e. The standard InChI is InChI=1S/C18H22N2O5S.ClH/c1-12-17(8-16(25-12)18(21)24-2)26(22,23)20-10-14(9-19)15(11-20)13-6-4-3-5-7-13;/h3-8,14-15H,9-11,19H2,1-2H3;1H/t14-,15+;/m1./s1. The Balaban J connectivity index is 0.00000261. The summed E-state index contributed by atoms with van der Waals surface area (Å²) < 4.78 is 37.5. The molecule has 27 heavy (non-hydrogen) atoms. The maximum Gasteiger partial charge on any atom is 0.373 e. The van der Waals surface area contributed by atoms with Gasteiger partial charge in [0.05, 0.1) is 7.11 Å². The van der Waals surface area contributed by atoms with E-state index in [0.717, 1.165) is 5.56 Å². The molecule has 0 spiro atoms. The predicted octanol–water partition coefficient (Wildman–Crippen LogP) is 2.16. The Morgan fingerprint density at radius 2 is 1.96 bits per heavy atom. The number of methoxy groups -OCH3 is 1. The molecule has 1 aromatic heterocycles. The largest absolute Gasteiger partial charge is 0.463 e. The molecule has 0 bridgehead atoms. The van der Waals surface area contributed by atoms with E-state index in [1.165, 1.54) is 24.4 Å². The second-order valence-electron chi connectivity index (χ2n) is 6.36. The Morgan fingerprint density at radius 3 is 2.56 bits per heavy atom. The summed E-state index contributed by atoms with van der Waals surface area (Å²) in [5, 5.41) is 0. The normalized spacial score (nSPS) is 20.3. The fourth-order valence-electron chi connectivity index (χ4n) is 3.41. The molecule has 3 rings (SSSR count). The fraction of sp³-hybridized carbons (Fsp3) is 0.389. The van der Waals surface area contributed by atoms with Crippen LogP contribution in [0.25, 0.3) is 0 Å². The lowest BCUT2D eigenvalue weighted by atomic mass is 9.89. The molecule has 2 heterocycles. The van der Waals surface area contributed by atoms with Crippen molar-refractivity contribution in [2.75, 3.05) is 26.7 Å². The SMILES string of the molecule is COC(=O)c1cc(S(=O)(=O)N2C[C@@H](CN)[C@H](c3ccccc3)C2)c(C)o1.Cl. The van der Waals surface area contributed by atoms with Crippen LogP contribution in [0, 0.1) is 12.8 Å². The summed E-state index contributed by atoms with van der Waals surface area (Å²) in [5.74, 6) is -0.615. The highest BCUT2D eigenvalue weighted by molar-refractivity contribution is 7.89. The van der Waals surface area contributed by atoms with Gasteiger partial charge in [-0.3, -0.25) is 0 Å². The molecule has 2 atom stereocenters. The number of nitrogens with zero attached hydrogens (tertiary/aromatic N) is 1. The maximum atomic E-state index is 13.1. The molecular formula is C18H23ClN2O5S. The van der Waals surface area contributed by atoms with Crippen LogP contribution in [-0.4, -0.2) is 45.4 Å². The van der Waals surface area contributed by atoms with Gasteiger partial charge < -0.3 is 14.9 Å². The van der Waals surface area contributed by atoms with Gasteiger partial charge in [-0.1, -0.05) is 30.3 Å². The minimum Gasteiger partial charge on any atom is -0.463 e. The third kappa shape index (κ3) is 4.03. The van der Waals surface area contributed by atoms with Crippen LogP contribution in [0.3, 0.4) is 0 Å². The number of sulfonamides is 1. The van der Waals surface area contributed by atoms with E-state index in [4.69, 9.17) is 10.2 Å². The summed E-state index contributed by atoms with van der Waals surface area (Å²) in [4.78, 5) is 11.6. The van der Waals surface area contributed by atoms with Gasteiger partial charge in [0.15, 0.2) is 0 Å². The molecule has 2 aromatic rings. The van der Waals surface area contributed by atoms with E-state index in [2.05, 4.69) is 4.74 Å². The number of esters is 1. The number of carbonyl (C=O) groups is 1. The van der Waals surface area contributed by atoms with Crippen LogP contribution >= 0.6 is 12.4 Å². The summed E-state index contributed by atoms with van der Waals surface area (Å²) in [6, 6.07) is 11.0. The molecule has 1 aromatic carbocycles. The monoisotopic (exact) mass is 414 g/mol. The summed E-state index contributed by atoms with van der Waals surface area (Å²) in [6.07, 6.45) is 0. The average molecular weight is 415 g/mol. The molecule has 1 saturated heterocycles. The fourth-order valence-corrected chi connectivity index (χ4v) is 5.09. The first kappa shape index (κ1) is 21.4. The lowest BCUT2D eigenvalue weighted by molar-refractivity contribution is 0.0563. The van der Waals surface area contributed by atoms with Gasteiger partial charge in [0, 0.05) is 25.1 Å². The van der Waals surface area contributed by atoms with Gasteiger partial charge in [-0.2, -0.15) is 4.31 Å². The molecule has 0 aliphatic carbocycles. The summed E-state index contributed by atoms with van der Waals surface area (Å²) in [5.41, 5.74) is 6.97. The number of ether oxygens (including phenoxy) is 1. The number of furan rings is 1. The molecule has 1 aliphatic rings. The summed E-state index contributed by atoms with van der Waals surface area (Å²) in [7, 11) is -2.58. The van der Waals surface area contributed by atoms with Gasteiger partial charge in [0.2, 0.25) is 15.8 Å². The number of carbonyl (C=O) groups excluding carboxylic acids is 1. The molecule has 0 saturated carbocycles. The molecule has 2 N–H and O–H groups in total. The second-order valence-corrected chi connectivity index (χ2v) is 8.26. The van der Waals surface area contributed by atoms with E-state index >= 15 is 0 Å². The second kappa shape index (κ2) is 8.43. The van der Waals surface area contributed by atoms with Crippen molar-refractivity contribution in [1.29, 1.82) is 0 Å². The Hall–Kier alpha value is -1.87. The highest BCUT2D eigenvalue weighted by Crippen LogP contribution is 2.36. The third-order valence-corrected chi connectivity index (χ3v) is 6.75. The van der Waals surface area contributed by atoms with Gasteiger partial charge in [-0.05, 0) is 24.9 Å². The minimum absolute atomic E-state index is 0. The Morgan fingerprint density at radius 1 is 1.30 bits per heavy atom. The van der Waals surface area contributed by atoms with Crippen molar-refractivity contribution in [2.45, 2.75) is 17.7 Å². The molecule has 9 heteroatoms. The van der Waals surface area contributed by atoms with Crippen LogP contribution < -0.4 is 5.73 Å². The first-order valence-corrected chi connectivity index (χ1v) is 9.76. The first-order valence-electron chi connectivity index (χ1n) is 8.32. The Labute approximate surface area is 164 Å². The summed E-state index contributed by atoms with van der Waals surface area (Å²) >= 11 is 0. The predicted molar refractivity (Wildman–Crippen MR) is 103 cm³/mol. The quantitative estimate of drug-likeness (QED) is 0.752. The van der Waals surface area contributed by atoms with Crippen molar-refractivity contribution >= 4 is 28.4 Å². The lowest BCUT2D eigenvalue weighted by Crippen LogP contribution is -2.30. The highest BCUT2D eigenvalue weighted by atomic mass is 35.5. The van der Waals surface area contributed by atoms with Crippen molar-refractivity contribution in [3.8, 4) is 0 Å². The van der Waals surface area contributed by atoms with E-state index < -0.39 is 16.0 Å². The van der Waals surface area contributed by atoms with Crippen LogP contribution in [0.1, 0.15) is 27.8 Å². The zero-order chi connectivity index (χ0) is 18.9. The van der Waals surface area contributed by atoms with Gasteiger partial charge in [0.25, 0.3) is 0 Å². The number of rotatable bonds is 5. The number of hydrogen-bond acceptors (Lipinski definition) is 6. The van der Waals surface area contributed by atoms with Crippen LogP contribution in [-0.2, 0) is 14.8 Å². The molecular weight excluding hydrogens is 392 g/mol. The molecule has 0 radical (unpaired) electrons. The topological polar surface area (TPSA) is 103 Å². The van der Waals surface area contributed by atoms with Gasteiger partial charge in [0.1, 0.15) is 10.7 Å². The van der Waals surface area contributed by atoms with Crippen LogP contribution in [0.5, 0.6) is 0 Å². The average Bonchev–Trinajstić information content (AvgIpc) is 3.26. The maximum absolute atomic E-state index is 13.1. The highest BCUT2D eigenvalue weighted by Gasteiger charge is 2.40. The number of benzene rings is 1. The van der Waals surface area contributed by atoms with Crippen molar-refractivity contribution in [3.63, 3.8) is 0 Å². The molecule has 0 amide bonds. The number of halogens is 1. The van der Waals surface area contributed by atoms with Crippen LogP contribution in [0.2, 0.25) is 0 Å². The zero-order valence-electron chi connectivity index (χ0n) is 15.1. The molecule has 148 valence electrons. The van der Waals surface area contributed by atoms with E-state index in [1.54, 1.807) is 0 Å². The zero-order valence-corrected chi connectivity index (χ0v) is 16.8. The van der Waals surface area contributed by atoms with Crippen molar-refractivity contribution in [2.24, 2.45) is 11.7 Å². The first-order chi connectivity index (χ1) is 12.4. The third-order valence-electron chi connectivity index (χ3n) is 4.81. The number of nitrogens with two attached hydrogens (primary N) is 1. The van der Waals surface area contributed by atoms with Gasteiger partial charge in [-0.25, -0.2) is 13.2 Å². The Bertz CT molecular complexity index is 898. The molecule has 0 unspecified atom stereocenters. The molecule has 7 nitrogen and oxygen atoms in total. The lowest BCUT2D eigenvalue weighted by Gasteiger charge is -2.16. The van der Waals surface area contributed by atoms with E-state index in [9.17, 15) is 13.2 Å².